The molecule has 4 nitrogen and oxygen atoms in total. The minimum absolute atomic E-state index is 0. The minimum atomic E-state index is -0.429. The van der Waals surface area contributed by atoms with Gasteiger partial charge >= 0.3 is 0 Å². The molecular formula is C21H33F2IN4. The van der Waals surface area contributed by atoms with E-state index >= 15 is 0 Å². The molecule has 1 aromatic rings. The Morgan fingerprint density at radius 2 is 1.82 bits per heavy atom. The van der Waals surface area contributed by atoms with Gasteiger partial charge in [-0.2, -0.15) is 0 Å². The van der Waals surface area contributed by atoms with Crippen LogP contribution in [0, 0.1) is 17.6 Å². The van der Waals surface area contributed by atoms with Crippen molar-refractivity contribution in [3.63, 3.8) is 0 Å². The molecule has 1 heterocycles. The third-order valence-corrected chi connectivity index (χ3v) is 5.85. The zero-order chi connectivity index (χ0) is 19.1. The lowest BCUT2D eigenvalue weighted by Crippen LogP contribution is -2.49. The van der Waals surface area contributed by atoms with Crippen molar-refractivity contribution in [3.8, 4) is 0 Å². The van der Waals surface area contributed by atoms with Gasteiger partial charge in [0.1, 0.15) is 11.6 Å². The van der Waals surface area contributed by atoms with Gasteiger partial charge in [-0.1, -0.05) is 19.3 Å². The summed E-state index contributed by atoms with van der Waals surface area (Å²) >= 11 is 0. The van der Waals surface area contributed by atoms with Crippen molar-refractivity contribution in [2.75, 3.05) is 26.7 Å². The van der Waals surface area contributed by atoms with Crippen molar-refractivity contribution in [2.45, 2.75) is 57.5 Å². The zero-order valence-electron chi connectivity index (χ0n) is 16.7. The van der Waals surface area contributed by atoms with E-state index in [2.05, 4.69) is 20.5 Å². The number of likely N-dealkylation sites (tertiary alicyclic amines) is 1. The fraction of sp³-hybridized carbons (Fsp3) is 0.667. The van der Waals surface area contributed by atoms with Crippen molar-refractivity contribution < 1.29 is 8.78 Å². The molecule has 158 valence electrons. The van der Waals surface area contributed by atoms with Crippen molar-refractivity contribution >= 4 is 29.9 Å². The number of hydrogen-bond donors (Lipinski definition) is 2. The van der Waals surface area contributed by atoms with E-state index in [-0.39, 0.29) is 30.5 Å². The minimum Gasteiger partial charge on any atom is -0.354 e. The van der Waals surface area contributed by atoms with E-state index in [1.807, 2.05) is 0 Å². The Hall–Kier alpha value is -0.960. The van der Waals surface area contributed by atoms with Crippen LogP contribution in [0.2, 0.25) is 0 Å². The van der Waals surface area contributed by atoms with E-state index in [4.69, 9.17) is 0 Å². The van der Waals surface area contributed by atoms with E-state index in [1.54, 1.807) is 7.05 Å². The zero-order valence-corrected chi connectivity index (χ0v) is 19.1. The molecule has 2 fully saturated rings. The van der Waals surface area contributed by atoms with Crippen LogP contribution in [0.1, 0.15) is 50.5 Å². The van der Waals surface area contributed by atoms with Crippen LogP contribution in [0.4, 0.5) is 8.78 Å². The van der Waals surface area contributed by atoms with E-state index in [0.29, 0.717) is 17.6 Å². The van der Waals surface area contributed by atoms with E-state index in [1.165, 1.54) is 44.7 Å². The Balaban J connectivity index is 0.00000280. The maximum Gasteiger partial charge on any atom is 0.191 e. The number of rotatable bonds is 5. The normalized spacial score (nSPS) is 19.9. The first-order valence-corrected chi connectivity index (χ1v) is 10.3. The second kappa shape index (κ2) is 11.9. The predicted octanol–water partition coefficient (Wildman–Crippen LogP) is 4.29. The highest BCUT2D eigenvalue weighted by Crippen LogP contribution is 2.25. The summed E-state index contributed by atoms with van der Waals surface area (Å²) in [7, 11) is 1.70. The van der Waals surface area contributed by atoms with Gasteiger partial charge in [0, 0.05) is 44.8 Å². The highest BCUT2D eigenvalue weighted by molar-refractivity contribution is 14.0. The fourth-order valence-electron chi connectivity index (χ4n) is 4.24. The molecule has 0 radical (unpaired) electrons. The molecule has 0 spiro atoms. The lowest BCUT2D eigenvalue weighted by Gasteiger charge is -2.36. The summed E-state index contributed by atoms with van der Waals surface area (Å²) < 4.78 is 27.0. The predicted molar refractivity (Wildman–Crippen MR) is 121 cm³/mol. The number of nitrogens with one attached hydrogen (secondary N) is 2. The van der Waals surface area contributed by atoms with Crippen LogP contribution in [0.3, 0.4) is 0 Å². The summed E-state index contributed by atoms with van der Waals surface area (Å²) in [6, 6.07) is 3.88. The summed E-state index contributed by atoms with van der Waals surface area (Å²) in [5.41, 5.74) is 0.306. The van der Waals surface area contributed by atoms with Crippen LogP contribution in [-0.4, -0.2) is 43.6 Å². The second-order valence-corrected chi connectivity index (χ2v) is 7.88. The van der Waals surface area contributed by atoms with Crippen molar-refractivity contribution in [1.82, 2.24) is 15.5 Å². The number of nitrogens with zero attached hydrogens (tertiary/aromatic N) is 2. The maximum atomic E-state index is 13.7. The van der Waals surface area contributed by atoms with Gasteiger partial charge in [-0.05, 0) is 49.8 Å². The molecule has 0 unspecified atom stereocenters. The molecule has 1 aromatic carbocycles. The lowest BCUT2D eigenvalue weighted by atomic mass is 9.88. The van der Waals surface area contributed by atoms with Gasteiger partial charge in [-0.3, -0.25) is 4.99 Å². The molecule has 2 N–H and O–H groups in total. The summed E-state index contributed by atoms with van der Waals surface area (Å²) in [6.45, 7) is 3.69. The van der Waals surface area contributed by atoms with Gasteiger partial charge in [-0.15, -0.1) is 24.0 Å². The van der Waals surface area contributed by atoms with Gasteiger partial charge < -0.3 is 15.5 Å². The number of halogens is 3. The number of hydrogen-bond acceptors (Lipinski definition) is 2. The first kappa shape index (κ1) is 23.3. The maximum absolute atomic E-state index is 13.7. The molecule has 0 atom stereocenters. The number of benzene rings is 1. The smallest absolute Gasteiger partial charge is 0.191 e. The van der Waals surface area contributed by atoms with Crippen molar-refractivity contribution in [1.29, 1.82) is 0 Å². The lowest BCUT2D eigenvalue weighted by molar-refractivity contribution is 0.160. The summed E-state index contributed by atoms with van der Waals surface area (Å²) in [4.78, 5) is 6.83. The molecule has 7 heteroatoms. The van der Waals surface area contributed by atoms with Crippen LogP contribution >= 0.6 is 24.0 Å². The molecule has 3 rings (SSSR count). The Kier molecular flexibility index (Phi) is 9.91. The van der Waals surface area contributed by atoms with E-state index in [9.17, 15) is 8.78 Å². The summed E-state index contributed by atoms with van der Waals surface area (Å²) in [6.07, 6.45) is 9.17. The van der Waals surface area contributed by atoms with Crippen LogP contribution in [0.15, 0.2) is 23.2 Å². The molecule has 28 heavy (non-hydrogen) atoms. The van der Waals surface area contributed by atoms with Crippen LogP contribution in [0.25, 0.3) is 0 Å². The number of piperidine rings is 1. The van der Waals surface area contributed by atoms with Crippen molar-refractivity contribution in [3.05, 3.63) is 35.4 Å². The Morgan fingerprint density at radius 3 is 2.50 bits per heavy atom. The Morgan fingerprint density at radius 1 is 1.11 bits per heavy atom. The summed E-state index contributed by atoms with van der Waals surface area (Å²) in [5, 5.41) is 6.53. The first-order chi connectivity index (χ1) is 13.1. The van der Waals surface area contributed by atoms with Gasteiger partial charge in [-0.25, -0.2) is 8.78 Å². The highest BCUT2D eigenvalue weighted by atomic mass is 127. The highest BCUT2D eigenvalue weighted by Gasteiger charge is 2.23. The van der Waals surface area contributed by atoms with E-state index < -0.39 is 11.6 Å². The number of aliphatic imine (C=N–C) groups is 1. The second-order valence-electron chi connectivity index (χ2n) is 7.88. The average molecular weight is 506 g/mol. The van der Waals surface area contributed by atoms with Crippen molar-refractivity contribution in [2.24, 2.45) is 10.9 Å². The van der Waals surface area contributed by atoms with Crippen LogP contribution < -0.4 is 10.6 Å². The number of guanidine groups is 1. The fourth-order valence-corrected chi connectivity index (χ4v) is 4.24. The van der Waals surface area contributed by atoms with Gasteiger partial charge in [0.25, 0.3) is 0 Å². The molecule has 2 aliphatic rings. The third kappa shape index (κ3) is 7.13. The first-order valence-electron chi connectivity index (χ1n) is 10.3. The SMILES string of the molecule is CN=C(NCc1cc(F)ccc1F)NC1CCN(CC2CCCCC2)CC1.I. The summed E-state index contributed by atoms with van der Waals surface area (Å²) in [5.74, 6) is 0.695. The monoisotopic (exact) mass is 506 g/mol. The van der Waals surface area contributed by atoms with Crippen LogP contribution in [0.5, 0.6) is 0 Å². The quantitative estimate of drug-likeness (QED) is 0.356. The van der Waals surface area contributed by atoms with Gasteiger partial charge in [0.15, 0.2) is 5.96 Å². The Labute approximate surface area is 184 Å². The molecule has 1 saturated heterocycles. The molecule has 0 bridgehead atoms. The average Bonchev–Trinajstić information content (AvgIpc) is 2.69. The topological polar surface area (TPSA) is 39.7 Å². The van der Waals surface area contributed by atoms with Gasteiger partial charge in [0.2, 0.25) is 0 Å². The molecule has 0 aromatic heterocycles. The molecule has 1 aliphatic heterocycles. The Bertz CT molecular complexity index is 627. The molecule has 0 amide bonds. The third-order valence-electron chi connectivity index (χ3n) is 5.85. The molecule has 1 saturated carbocycles. The standard InChI is InChI=1S/C21H32F2N4.HI/c1-24-21(25-14-17-13-18(22)7-8-20(17)23)26-19-9-11-27(12-10-19)15-16-5-3-2-4-6-16;/h7-8,13,16,19H,2-6,9-12,14-15H2,1H3,(H2,24,25,26);1H. The molecular weight excluding hydrogens is 473 g/mol. The molecule has 1 aliphatic carbocycles. The largest absolute Gasteiger partial charge is 0.354 e. The van der Waals surface area contributed by atoms with Gasteiger partial charge in [0.05, 0.1) is 0 Å². The van der Waals surface area contributed by atoms with E-state index in [0.717, 1.165) is 44.0 Å². The van der Waals surface area contributed by atoms with Crippen LogP contribution in [-0.2, 0) is 6.54 Å².